The van der Waals surface area contributed by atoms with Crippen molar-refractivity contribution in [1.82, 2.24) is 0 Å². The van der Waals surface area contributed by atoms with Gasteiger partial charge in [0.05, 0.1) is 11.4 Å². The first-order valence-electron chi connectivity index (χ1n) is 7.71. The molecule has 1 aliphatic rings. The van der Waals surface area contributed by atoms with Gasteiger partial charge in [-0.2, -0.15) is 0 Å². The Hall–Kier alpha value is -2.14. The lowest BCUT2D eigenvalue weighted by atomic mass is 10.1. The van der Waals surface area contributed by atoms with E-state index in [-0.39, 0.29) is 6.04 Å². The summed E-state index contributed by atoms with van der Waals surface area (Å²) in [4.78, 5) is 4.02. The highest BCUT2D eigenvalue weighted by molar-refractivity contribution is 5.74. The highest BCUT2D eigenvalue weighted by Gasteiger charge is 2.30. The van der Waals surface area contributed by atoms with E-state index in [1.807, 2.05) is 36.1 Å². The molecule has 23 heavy (non-hydrogen) atoms. The summed E-state index contributed by atoms with van der Waals surface area (Å²) in [5, 5.41) is 10.1. The van der Waals surface area contributed by atoms with Crippen molar-refractivity contribution in [1.29, 1.82) is 0 Å². The molecule has 1 N–H and O–H groups in total. The Morgan fingerprint density at radius 1 is 1.17 bits per heavy atom. The maximum Gasteiger partial charge on any atom is 0.131 e. The molecule has 0 saturated carbocycles. The predicted octanol–water partition coefficient (Wildman–Crippen LogP) is 3.52. The second-order valence-electron chi connectivity index (χ2n) is 5.99. The third-order valence-electron chi connectivity index (χ3n) is 4.24. The maximum absolute atomic E-state index is 14.0. The summed E-state index contributed by atoms with van der Waals surface area (Å²) in [5.74, 6) is -1.10. The van der Waals surface area contributed by atoms with Gasteiger partial charge in [0.25, 0.3) is 0 Å². The van der Waals surface area contributed by atoms with Crippen LogP contribution in [0, 0.1) is 11.6 Å². The molecule has 0 fully saturated rings. The summed E-state index contributed by atoms with van der Waals surface area (Å²) in [5.41, 5.74) is 2.32. The molecule has 0 saturated heterocycles. The van der Waals surface area contributed by atoms with E-state index in [0.717, 1.165) is 17.4 Å². The Bertz CT molecular complexity index is 705. The van der Waals surface area contributed by atoms with Crippen LogP contribution in [-0.2, 0) is 6.54 Å². The predicted molar refractivity (Wildman–Crippen MR) is 87.5 cm³/mol. The number of aliphatic hydroxyl groups is 1. The van der Waals surface area contributed by atoms with Crippen molar-refractivity contribution < 1.29 is 13.9 Å². The second kappa shape index (κ2) is 6.16. The molecule has 2 aromatic carbocycles. The second-order valence-corrected chi connectivity index (χ2v) is 5.99. The molecule has 0 spiro atoms. The SMILES string of the molecule is CC(O)N1c2ccccc2N(Cc2ccc(F)cc2F)C[C@@H]1C. The fraction of sp³-hybridized carbons (Fsp3) is 0.333. The molecule has 2 aromatic rings. The van der Waals surface area contributed by atoms with E-state index < -0.39 is 17.9 Å². The van der Waals surface area contributed by atoms with Crippen molar-refractivity contribution in [3.63, 3.8) is 0 Å². The van der Waals surface area contributed by atoms with Gasteiger partial charge in [-0.3, -0.25) is 0 Å². The lowest BCUT2D eigenvalue weighted by Gasteiger charge is -2.44. The van der Waals surface area contributed by atoms with Gasteiger partial charge in [0.15, 0.2) is 0 Å². The molecular weight excluding hydrogens is 298 g/mol. The zero-order valence-electron chi connectivity index (χ0n) is 13.2. The van der Waals surface area contributed by atoms with Gasteiger partial charge in [0.1, 0.15) is 17.9 Å². The topological polar surface area (TPSA) is 26.7 Å². The first-order valence-corrected chi connectivity index (χ1v) is 7.71. The number of hydrogen-bond donors (Lipinski definition) is 1. The van der Waals surface area contributed by atoms with Gasteiger partial charge < -0.3 is 14.9 Å². The fourth-order valence-electron chi connectivity index (χ4n) is 3.27. The van der Waals surface area contributed by atoms with Crippen LogP contribution < -0.4 is 9.80 Å². The summed E-state index contributed by atoms with van der Waals surface area (Å²) in [6, 6.07) is 11.5. The van der Waals surface area contributed by atoms with E-state index in [2.05, 4.69) is 4.90 Å². The number of halogens is 2. The molecule has 0 radical (unpaired) electrons. The minimum atomic E-state index is -0.601. The molecule has 1 unspecified atom stereocenters. The number of fused-ring (bicyclic) bond motifs is 1. The molecule has 3 rings (SSSR count). The highest BCUT2D eigenvalue weighted by Crippen LogP contribution is 2.37. The van der Waals surface area contributed by atoms with Gasteiger partial charge in [-0.05, 0) is 32.0 Å². The Kier molecular flexibility index (Phi) is 4.22. The minimum absolute atomic E-state index is 0.0772. The van der Waals surface area contributed by atoms with E-state index in [0.29, 0.717) is 18.7 Å². The van der Waals surface area contributed by atoms with Gasteiger partial charge in [-0.1, -0.05) is 18.2 Å². The van der Waals surface area contributed by atoms with Crippen LogP contribution in [0.2, 0.25) is 0 Å². The van der Waals surface area contributed by atoms with E-state index >= 15 is 0 Å². The molecule has 0 aromatic heterocycles. The van der Waals surface area contributed by atoms with Gasteiger partial charge in [0.2, 0.25) is 0 Å². The normalized spacial score (nSPS) is 18.7. The molecule has 2 atom stereocenters. The lowest BCUT2D eigenvalue weighted by Crippen LogP contribution is -2.51. The van der Waals surface area contributed by atoms with Crippen LogP contribution in [0.4, 0.5) is 20.2 Å². The van der Waals surface area contributed by atoms with E-state index in [1.54, 1.807) is 6.92 Å². The highest BCUT2D eigenvalue weighted by atomic mass is 19.1. The number of para-hydroxylation sites is 2. The Labute approximate surface area is 134 Å². The fourth-order valence-corrected chi connectivity index (χ4v) is 3.27. The lowest BCUT2D eigenvalue weighted by molar-refractivity contribution is 0.177. The number of nitrogens with zero attached hydrogens (tertiary/aromatic N) is 2. The van der Waals surface area contributed by atoms with Crippen molar-refractivity contribution in [2.24, 2.45) is 0 Å². The summed E-state index contributed by atoms with van der Waals surface area (Å²) >= 11 is 0. The molecule has 1 aliphatic heterocycles. The maximum atomic E-state index is 14.0. The van der Waals surface area contributed by atoms with Crippen LogP contribution in [0.25, 0.3) is 0 Å². The number of anilines is 2. The number of benzene rings is 2. The number of aliphatic hydroxyl groups excluding tert-OH is 1. The Morgan fingerprint density at radius 2 is 1.87 bits per heavy atom. The summed E-state index contributed by atoms with van der Waals surface area (Å²) in [7, 11) is 0. The van der Waals surface area contributed by atoms with Gasteiger partial charge >= 0.3 is 0 Å². The van der Waals surface area contributed by atoms with Crippen LogP contribution in [0.1, 0.15) is 19.4 Å². The Balaban J connectivity index is 1.95. The first-order chi connectivity index (χ1) is 11.0. The molecule has 0 aliphatic carbocycles. The number of hydrogen-bond acceptors (Lipinski definition) is 3. The molecule has 5 heteroatoms. The molecule has 122 valence electrons. The standard InChI is InChI=1S/C18H20F2N2O/c1-12-10-21(11-14-7-8-15(19)9-16(14)20)17-5-3-4-6-18(17)22(12)13(2)23/h3-9,12-13,23H,10-11H2,1-2H3/t12-,13?/m0/s1. The van der Waals surface area contributed by atoms with Crippen molar-refractivity contribution in [3.8, 4) is 0 Å². The van der Waals surface area contributed by atoms with Crippen LogP contribution in [0.3, 0.4) is 0 Å². The zero-order chi connectivity index (χ0) is 16.6. The first kappa shape index (κ1) is 15.7. The van der Waals surface area contributed by atoms with Crippen LogP contribution in [-0.4, -0.2) is 23.9 Å². The summed E-state index contributed by atoms with van der Waals surface area (Å²) < 4.78 is 27.0. The summed E-state index contributed by atoms with van der Waals surface area (Å²) in [6.45, 7) is 4.78. The molecular formula is C18H20F2N2O. The smallest absolute Gasteiger partial charge is 0.131 e. The molecule has 1 heterocycles. The van der Waals surface area contributed by atoms with Crippen molar-refractivity contribution >= 4 is 11.4 Å². The van der Waals surface area contributed by atoms with Crippen molar-refractivity contribution in [2.45, 2.75) is 32.7 Å². The molecule has 3 nitrogen and oxygen atoms in total. The van der Waals surface area contributed by atoms with Crippen molar-refractivity contribution in [3.05, 3.63) is 59.7 Å². The van der Waals surface area contributed by atoms with E-state index in [9.17, 15) is 13.9 Å². The van der Waals surface area contributed by atoms with E-state index in [1.165, 1.54) is 12.1 Å². The van der Waals surface area contributed by atoms with Gasteiger partial charge in [-0.15, -0.1) is 0 Å². The van der Waals surface area contributed by atoms with Crippen LogP contribution in [0.15, 0.2) is 42.5 Å². The zero-order valence-corrected chi connectivity index (χ0v) is 13.2. The summed E-state index contributed by atoms with van der Waals surface area (Å²) in [6.07, 6.45) is -0.601. The average Bonchev–Trinajstić information content (AvgIpc) is 2.49. The number of rotatable bonds is 3. The molecule has 0 bridgehead atoms. The minimum Gasteiger partial charge on any atom is -0.374 e. The van der Waals surface area contributed by atoms with Crippen molar-refractivity contribution in [2.75, 3.05) is 16.3 Å². The largest absolute Gasteiger partial charge is 0.374 e. The van der Waals surface area contributed by atoms with Crippen LogP contribution >= 0.6 is 0 Å². The van der Waals surface area contributed by atoms with Gasteiger partial charge in [0, 0.05) is 30.8 Å². The monoisotopic (exact) mass is 318 g/mol. The van der Waals surface area contributed by atoms with Crippen LogP contribution in [0.5, 0.6) is 0 Å². The Morgan fingerprint density at radius 3 is 2.52 bits per heavy atom. The molecule has 0 amide bonds. The quantitative estimate of drug-likeness (QED) is 0.938. The van der Waals surface area contributed by atoms with Gasteiger partial charge in [-0.25, -0.2) is 8.78 Å². The third kappa shape index (κ3) is 3.01. The third-order valence-corrected chi connectivity index (χ3v) is 4.24. The average molecular weight is 318 g/mol. The van der Waals surface area contributed by atoms with E-state index in [4.69, 9.17) is 0 Å².